The predicted octanol–water partition coefficient (Wildman–Crippen LogP) is 3.07. The highest BCUT2D eigenvalue weighted by atomic mass is 79.9. The molecule has 0 bridgehead atoms. The third kappa shape index (κ3) is 2.71. The summed E-state index contributed by atoms with van der Waals surface area (Å²) in [6.07, 6.45) is 0. The Bertz CT molecular complexity index is 660. The van der Waals surface area contributed by atoms with Crippen LogP contribution in [0, 0.1) is 13.8 Å². The number of rotatable bonds is 3. The first-order valence-corrected chi connectivity index (χ1v) is 6.97. The Morgan fingerprint density at radius 1 is 1.37 bits per heavy atom. The van der Waals surface area contributed by atoms with Crippen LogP contribution in [0.1, 0.15) is 30.5 Å². The van der Waals surface area contributed by atoms with Crippen molar-refractivity contribution in [1.82, 2.24) is 0 Å². The number of carbonyl (C=O) groups excluding carboxylic acids is 2. The number of nitrogens with two attached hydrogens (primary N) is 1. The van der Waals surface area contributed by atoms with Crippen molar-refractivity contribution in [2.45, 2.75) is 13.8 Å². The second-order valence-electron chi connectivity index (χ2n) is 3.91. The number of halogens is 1. The van der Waals surface area contributed by atoms with Gasteiger partial charge >= 0.3 is 0 Å². The van der Waals surface area contributed by atoms with Crippen LogP contribution in [0.15, 0.2) is 21.2 Å². The lowest BCUT2D eigenvalue weighted by Gasteiger charge is -2.02. The van der Waals surface area contributed by atoms with Gasteiger partial charge < -0.3 is 10.2 Å². The van der Waals surface area contributed by atoms with Gasteiger partial charge in [-0.05, 0) is 41.4 Å². The summed E-state index contributed by atoms with van der Waals surface area (Å²) in [5.41, 5.74) is 6.33. The van der Waals surface area contributed by atoms with Gasteiger partial charge in [-0.2, -0.15) is 0 Å². The van der Waals surface area contributed by atoms with Gasteiger partial charge in [0.15, 0.2) is 4.67 Å². The number of hydrogen-bond donors (Lipinski definition) is 2. The molecule has 7 heteroatoms. The standard InChI is InChI=1S/C12H11BrN2O3S/c1-5-6(2)19-10(9(5)11(14)16)12(17)15-8-4-3-7(13)18-8/h3-4H,1-2H3,(H2,14,16)(H,15,17). The molecule has 2 amide bonds. The van der Waals surface area contributed by atoms with Crippen molar-refractivity contribution in [2.75, 3.05) is 5.32 Å². The van der Waals surface area contributed by atoms with Gasteiger partial charge in [0.1, 0.15) is 4.88 Å². The summed E-state index contributed by atoms with van der Waals surface area (Å²) in [4.78, 5) is 24.8. The van der Waals surface area contributed by atoms with E-state index in [1.807, 2.05) is 6.92 Å². The molecule has 5 nitrogen and oxygen atoms in total. The highest BCUT2D eigenvalue weighted by Crippen LogP contribution is 2.28. The number of hydrogen-bond acceptors (Lipinski definition) is 4. The van der Waals surface area contributed by atoms with Crippen LogP contribution in [0.25, 0.3) is 0 Å². The molecule has 100 valence electrons. The van der Waals surface area contributed by atoms with E-state index in [1.165, 1.54) is 11.3 Å². The molecule has 0 saturated heterocycles. The van der Waals surface area contributed by atoms with E-state index < -0.39 is 11.8 Å². The number of anilines is 1. The van der Waals surface area contributed by atoms with E-state index in [2.05, 4.69) is 21.2 Å². The number of carbonyl (C=O) groups is 2. The number of nitrogens with one attached hydrogen (secondary N) is 1. The molecule has 0 saturated carbocycles. The lowest BCUT2D eigenvalue weighted by Crippen LogP contribution is -2.18. The third-order valence-electron chi connectivity index (χ3n) is 2.65. The summed E-state index contributed by atoms with van der Waals surface area (Å²) in [5, 5.41) is 2.58. The van der Waals surface area contributed by atoms with Gasteiger partial charge in [0.25, 0.3) is 11.8 Å². The second kappa shape index (κ2) is 5.18. The lowest BCUT2D eigenvalue weighted by atomic mass is 10.1. The number of aryl methyl sites for hydroxylation is 1. The van der Waals surface area contributed by atoms with Gasteiger partial charge in [0.05, 0.1) is 5.56 Å². The molecule has 0 aromatic carbocycles. The highest BCUT2D eigenvalue weighted by Gasteiger charge is 2.23. The summed E-state index contributed by atoms with van der Waals surface area (Å²) in [6.45, 7) is 3.61. The van der Waals surface area contributed by atoms with Crippen LogP contribution in [-0.2, 0) is 0 Å². The van der Waals surface area contributed by atoms with E-state index >= 15 is 0 Å². The molecule has 2 heterocycles. The summed E-state index contributed by atoms with van der Waals surface area (Å²) in [7, 11) is 0. The van der Waals surface area contributed by atoms with E-state index in [9.17, 15) is 9.59 Å². The zero-order valence-electron chi connectivity index (χ0n) is 10.2. The molecule has 19 heavy (non-hydrogen) atoms. The van der Waals surface area contributed by atoms with Gasteiger partial charge in [-0.25, -0.2) is 0 Å². The minimum atomic E-state index is -0.604. The van der Waals surface area contributed by atoms with E-state index in [0.29, 0.717) is 15.4 Å². The van der Waals surface area contributed by atoms with Crippen LogP contribution in [0.3, 0.4) is 0 Å². The van der Waals surface area contributed by atoms with Gasteiger partial charge in [0.2, 0.25) is 5.88 Å². The van der Waals surface area contributed by atoms with Gasteiger partial charge in [-0.3, -0.25) is 14.9 Å². The predicted molar refractivity (Wildman–Crippen MR) is 76.7 cm³/mol. The molecule has 0 atom stereocenters. The van der Waals surface area contributed by atoms with Crippen molar-refractivity contribution in [3.05, 3.63) is 37.7 Å². The fourth-order valence-electron chi connectivity index (χ4n) is 1.63. The molecule has 0 aliphatic rings. The maximum absolute atomic E-state index is 12.1. The first-order chi connectivity index (χ1) is 8.90. The summed E-state index contributed by atoms with van der Waals surface area (Å²) < 4.78 is 5.70. The first-order valence-electron chi connectivity index (χ1n) is 5.36. The van der Waals surface area contributed by atoms with Gasteiger partial charge in [-0.1, -0.05) is 0 Å². The summed E-state index contributed by atoms with van der Waals surface area (Å²) in [5.74, 6) is -0.708. The summed E-state index contributed by atoms with van der Waals surface area (Å²) in [6, 6.07) is 3.27. The van der Waals surface area contributed by atoms with Crippen molar-refractivity contribution in [3.8, 4) is 0 Å². The number of amides is 2. The number of furan rings is 1. The van der Waals surface area contributed by atoms with Crippen molar-refractivity contribution < 1.29 is 14.0 Å². The quantitative estimate of drug-likeness (QED) is 0.898. The van der Waals surface area contributed by atoms with Crippen LogP contribution in [0.5, 0.6) is 0 Å². The Morgan fingerprint density at radius 3 is 2.58 bits per heavy atom. The number of thiophene rings is 1. The second-order valence-corrected chi connectivity index (χ2v) is 5.92. The highest BCUT2D eigenvalue weighted by molar-refractivity contribution is 9.10. The fraction of sp³-hybridized carbons (Fsp3) is 0.167. The topological polar surface area (TPSA) is 85.3 Å². The van der Waals surface area contributed by atoms with Crippen LogP contribution >= 0.6 is 27.3 Å². The Morgan fingerprint density at radius 2 is 2.05 bits per heavy atom. The molecule has 0 unspecified atom stereocenters. The Labute approximate surface area is 121 Å². The molecule has 0 aliphatic carbocycles. The molecule has 2 rings (SSSR count). The smallest absolute Gasteiger partial charge is 0.268 e. The maximum Gasteiger partial charge on any atom is 0.268 e. The first kappa shape index (κ1) is 13.8. The van der Waals surface area contributed by atoms with E-state index in [-0.39, 0.29) is 5.56 Å². The molecular weight excluding hydrogens is 332 g/mol. The molecule has 0 radical (unpaired) electrons. The zero-order chi connectivity index (χ0) is 14.2. The van der Waals surface area contributed by atoms with Crippen molar-refractivity contribution in [2.24, 2.45) is 5.73 Å². The van der Waals surface area contributed by atoms with Gasteiger partial charge in [-0.15, -0.1) is 11.3 Å². The average Bonchev–Trinajstić information content (AvgIpc) is 2.84. The van der Waals surface area contributed by atoms with Crippen molar-refractivity contribution in [1.29, 1.82) is 0 Å². The third-order valence-corrected chi connectivity index (χ3v) is 4.28. The fourth-order valence-corrected chi connectivity index (χ4v) is 3.00. The Balaban J connectivity index is 2.34. The van der Waals surface area contributed by atoms with E-state index in [0.717, 1.165) is 10.4 Å². The van der Waals surface area contributed by atoms with Crippen molar-refractivity contribution in [3.63, 3.8) is 0 Å². The van der Waals surface area contributed by atoms with E-state index in [4.69, 9.17) is 10.2 Å². The van der Waals surface area contributed by atoms with Crippen molar-refractivity contribution >= 4 is 45.0 Å². The van der Waals surface area contributed by atoms with Crippen LogP contribution < -0.4 is 11.1 Å². The molecule has 0 spiro atoms. The normalized spacial score (nSPS) is 10.5. The minimum absolute atomic E-state index is 0.269. The zero-order valence-corrected chi connectivity index (χ0v) is 12.6. The molecular formula is C12H11BrN2O3S. The molecule has 3 N–H and O–H groups in total. The van der Waals surface area contributed by atoms with Gasteiger partial charge in [0, 0.05) is 10.9 Å². The number of primary amides is 1. The maximum atomic E-state index is 12.1. The van der Waals surface area contributed by atoms with E-state index in [1.54, 1.807) is 19.1 Å². The molecule has 0 fully saturated rings. The monoisotopic (exact) mass is 342 g/mol. The lowest BCUT2D eigenvalue weighted by molar-refractivity contribution is 0.0978. The SMILES string of the molecule is Cc1sc(C(=O)Nc2ccc(Br)o2)c(C(N)=O)c1C. The Hall–Kier alpha value is -1.60. The molecule has 2 aromatic heterocycles. The molecule has 0 aliphatic heterocycles. The average molecular weight is 343 g/mol. The summed E-state index contributed by atoms with van der Waals surface area (Å²) >= 11 is 4.38. The van der Waals surface area contributed by atoms with Crippen LogP contribution in [0.2, 0.25) is 0 Å². The molecule has 2 aromatic rings. The van der Waals surface area contributed by atoms with Crippen LogP contribution in [-0.4, -0.2) is 11.8 Å². The Kier molecular flexibility index (Phi) is 3.77. The van der Waals surface area contributed by atoms with Crippen LogP contribution in [0.4, 0.5) is 5.88 Å². The minimum Gasteiger partial charge on any atom is -0.434 e. The largest absolute Gasteiger partial charge is 0.434 e.